The van der Waals surface area contributed by atoms with Crippen LogP contribution in [-0.2, 0) is 22.5 Å². The molecule has 3 rings (SSSR count). The molecule has 2 aromatic rings. The molecule has 0 aliphatic heterocycles. The van der Waals surface area contributed by atoms with Crippen LogP contribution in [0, 0.1) is 0 Å². The van der Waals surface area contributed by atoms with E-state index in [0.29, 0.717) is 23.6 Å². The van der Waals surface area contributed by atoms with E-state index in [-0.39, 0.29) is 24.1 Å². The minimum atomic E-state index is -0.613. The van der Waals surface area contributed by atoms with Gasteiger partial charge in [-0.05, 0) is 32.1 Å². The predicted octanol–water partition coefficient (Wildman–Crippen LogP) is 6.37. The Morgan fingerprint density at radius 2 is 2.00 bits per heavy atom. The molecule has 1 amide bonds. The highest BCUT2D eigenvalue weighted by Gasteiger charge is 2.21. The van der Waals surface area contributed by atoms with Gasteiger partial charge in [0.1, 0.15) is 25.6 Å². The van der Waals surface area contributed by atoms with Gasteiger partial charge in [0, 0.05) is 35.0 Å². The van der Waals surface area contributed by atoms with Crippen LogP contribution in [0.4, 0.5) is 4.39 Å². The number of hydrogen-bond acceptors (Lipinski definition) is 5. The number of halogens is 2. The Kier molecular flexibility index (Phi) is 13.9. The number of carbonyl (C=O) groups excluding carboxylic acids is 1. The van der Waals surface area contributed by atoms with Crippen molar-refractivity contribution in [2.75, 3.05) is 13.3 Å². The summed E-state index contributed by atoms with van der Waals surface area (Å²) in [5, 5.41) is 4.43. The summed E-state index contributed by atoms with van der Waals surface area (Å²) in [5.41, 5.74) is 8.55. The third-order valence-electron chi connectivity index (χ3n) is 4.74. The number of nitrogens with two attached hydrogens (primary N) is 1. The molecule has 0 unspecified atom stereocenters. The number of hydrogen-bond donors (Lipinski definition) is 1. The highest BCUT2D eigenvalue weighted by molar-refractivity contribution is 6.32. The molecule has 0 atom stereocenters. The average Bonchev–Trinajstić information content (AvgIpc) is 3.47. The van der Waals surface area contributed by atoms with Crippen molar-refractivity contribution in [3.63, 3.8) is 0 Å². The normalized spacial score (nSPS) is 13.4. The standard InChI is InChI=1S/C23H24ClFN4O3.2C2H6/c1-3-15(13-18(24)20(4-2)31-12-10-25)23-27-22(28-32-23)17-7-5-6-8-19-16(17)9-11-29(19)14-21(26)30;2*1-2/h3-7,9,11,13H,8,10,12,14H2,1-2H3,(H2,26,30);2*1-2H3/b15-3+,18-13+,20-4+;;. The molecular weight excluding hydrogens is 483 g/mol. The Balaban J connectivity index is 0.00000154. The molecule has 1 aliphatic rings. The summed E-state index contributed by atoms with van der Waals surface area (Å²) in [6.07, 6.45) is 13.3. The number of primary amides is 1. The van der Waals surface area contributed by atoms with Crippen molar-refractivity contribution in [3.05, 3.63) is 82.5 Å². The van der Waals surface area contributed by atoms with Crippen LogP contribution in [-0.4, -0.2) is 33.9 Å². The molecule has 36 heavy (non-hydrogen) atoms. The van der Waals surface area contributed by atoms with E-state index in [0.717, 1.165) is 16.8 Å². The van der Waals surface area contributed by atoms with Gasteiger partial charge < -0.3 is 19.6 Å². The molecule has 2 heterocycles. The van der Waals surface area contributed by atoms with Gasteiger partial charge in [0.25, 0.3) is 5.89 Å². The molecule has 0 fully saturated rings. The van der Waals surface area contributed by atoms with Crippen molar-refractivity contribution in [1.82, 2.24) is 14.7 Å². The van der Waals surface area contributed by atoms with Crippen molar-refractivity contribution in [2.45, 2.75) is 54.5 Å². The Morgan fingerprint density at radius 1 is 1.28 bits per heavy atom. The van der Waals surface area contributed by atoms with Crippen LogP contribution in [0.15, 0.2) is 64.0 Å². The smallest absolute Gasteiger partial charge is 0.257 e. The zero-order chi connectivity index (χ0) is 27.1. The van der Waals surface area contributed by atoms with E-state index < -0.39 is 12.6 Å². The van der Waals surface area contributed by atoms with Gasteiger partial charge in [0.05, 0.1) is 5.03 Å². The van der Waals surface area contributed by atoms with Gasteiger partial charge in [-0.1, -0.05) is 68.8 Å². The van der Waals surface area contributed by atoms with Gasteiger partial charge in [-0.25, -0.2) is 4.39 Å². The summed E-state index contributed by atoms with van der Waals surface area (Å²) in [5.74, 6) is 0.615. The summed E-state index contributed by atoms with van der Waals surface area (Å²) in [6.45, 7) is 11.0. The van der Waals surface area contributed by atoms with Crippen LogP contribution in [0.5, 0.6) is 0 Å². The van der Waals surface area contributed by atoms with E-state index in [9.17, 15) is 9.18 Å². The number of fused-ring (bicyclic) bond motifs is 1. The van der Waals surface area contributed by atoms with Crippen molar-refractivity contribution < 1.29 is 18.4 Å². The molecule has 2 aromatic heterocycles. The number of aromatic nitrogens is 3. The average molecular weight is 519 g/mol. The summed E-state index contributed by atoms with van der Waals surface area (Å²) >= 11 is 6.35. The summed E-state index contributed by atoms with van der Waals surface area (Å²) < 4.78 is 25.0. The Morgan fingerprint density at radius 3 is 2.61 bits per heavy atom. The van der Waals surface area contributed by atoms with Crippen molar-refractivity contribution in [2.24, 2.45) is 5.73 Å². The lowest BCUT2D eigenvalue weighted by Gasteiger charge is -2.08. The minimum Gasteiger partial charge on any atom is -0.490 e. The molecule has 0 saturated carbocycles. The van der Waals surface area contributed by atoms with E-state index in [1.165, 1.54) is 0 Å². The highest BCUT2D eigenvalue weighted by Crippen LogP contribution is 2.30. The Hall–Kier alpha value is -3.39. The van der Waals surface area contributed by atoms with E-state index in [4.69, 9.17) is 26.6 Å². The molecular formula is C27H36ClFN4O3. The number of nitrogens with zero attached hydrogens (tertiary/aromatic N) is 3. The van der Waals surface area contributed by atoms with Gasteiger partial charge >= 0.3 is 0 Å². The van der Waals surface area contributed by atoms with Gasteiger partial charge in [-0.2, -0.15) is 4.98 Å². The zero-order valence-corrected chi connectivity index (χ0v) is 22.6. The molecule has 7 nitrogen and oxygen atoms in total. The van der Waals surface area contributed by atoms with Crippen molar-refractivity contribution in [3.8, 4) is 0 Å². The first kappa shape index (κ1) is 30.6. The van der Waals surface area contributed by atoms with Gasteiger partial charge in [-0.15, -0.1) is 0 Å². The number of carbonyl (C=O) groups is 1. The monoisotopic (exact) mass is 518 g/mol. The molecule has 0 radical (unpaired) electrons. The topological polar surface area (TPSA) is 96.2 Å². The fourth-order valence-corrected chi connectivity index (χ4v) is 3.57. The Bertz CT molecular complexity index is 1140. The second kappa shape index (κ2) is 16.3. The second-order valence-electron chi connectivity index (χ2n) is 6.83. The van der Waals surface area contributed by atoms with E-state index >= 15 is 0 Å². The first-order valence-corrected chi connectivity index (χ1v) is 12.4. The number of ether oxygens (including phenoxy) is 1. The van der Waals surface area contributed by atoms with Crippen LogP contribution in [0.1, 0.15) is 64.5 Å². The number of amides is 1. The first-order valence-electron chi connectivity index (χ1n) is 12.0. The van der Waals surface area contributed by atoms with Crippen molar-refractivity contribution in [1.29, 1.82) is 0 Å². The maximum Gasteiger partial charge on any atom is 0.257 e. The minimum absolute atomic E-state index is 0.0843. The largest absolute Gasteiger partial charge is 0.490 e. The molecule has 0 bridgehead atoms. The maximum atomic E-state index is 12.4. The lowest BCUT2D eigenvalue weighted by Crippen LogP contribution is -2.19. The molecule has 0 aromatic carbocycles. The summed E-state index contributed by atoms with van der Waals surface area (Å²) in [4.78, 5) is 15.9. The lowest BCUT2D eigenvalue weighted by atomic mass is 10.1. The highest BCUT2D eigenvalue weighted by atomic mass is 35.5. The van der Waals surface area contributed by atoms with Gasteiger partial charge in [0.2, 0.25) is 11.7 Å². The third-order valence-corrected chi connectivity index (χ3v) is 5.04. The Labute approximate surface area is 217 Å². The van der Waals surface area contributed by atoms with E-state index in [1.54, 1.807) is 25.2 Å². The number of alkyl halides is 1. The van der Waals surface area contributed by atoms with Crippen LogP contribution < -0.4 is 5.73 Å². The molecule has 196 valence electrons. The zero-order valence-electron chi connectivity index (χ0n) is 21.8. The van der Waals surface area contributed by atoms with Crippen molar-refractivity contribution >= 4 is 28.7 Å². The van der Waals surface area contributed by atoms with Gasteiger partial charge in [0.15, 0.2) is 0 Å². The third kappa shape index (κ3) is 8.09. The number of allylic oxidation sites excluding steroid dienone is 8. The molecule has 0 saturated heterocycles. The van der Waals surface area contributed by atoms with Crippen LogP contribution >= 0.6 is 11.6 Å². The SMILES string of the molecule is CC.CC.C\C=C(OCCF)/C(Cl)=C\C(=C/C)c1nc(C2=CC=CCc3c2ccn3CC(N)=O)no1. The fourth-order valence-electron chi connectivity index (χ4n) is 3.29. The van der Waals surface area contributed by atoms with Crippen LogP contribution in [0.3, 0.4) is 0 Å². The second-order valence-corrected chi connectivity index (χ2v) is 7.24. The summed E-state index contributed by atoms with van der Waals surface area (Å²) in [6, 6.07) is 1.90. The van der Waals surface area contributed by atoms with Gasteiger partial charge in [-0.3, -0.25) is 4.79 Å². The van der Waals surface area contributed by atoms with Crippen LogP contribution in [0.2, 0.25) is 0 Å². The molecule has 0 spiro atoms. The lowest BCUT2D eigenvalue weighted by molar-refractivity contribution is -0.118. The quantitative estimate of drug-likeness (QED) is 0.307. The molecule has 1 aliphatic carbocycles. The number of rotatable bonds is 9. The van der Waals surface area contributed by atoms with E-state index in [2.05, 4.69) is 10.1 Å². The first-order chi connectivity index (χ1) is 17.5. The van der Waals surface area contributed by atoms with Crippen LogP contribution in [0.25, 0.3) is 11.1 Å². The summed E-state index contributed by atoms with van der Waals surface area (Å²) in [7, 11) is 0. The van der Waals surface area contributed by atoms with E-state index in [1.807, 2.05) is 69.7 Å². The molecule has 9 heteroatoms. The predicted molar refractivity (Wildman–Crippen MR) is 144 cm³/mol. The maximum absolute atomic E-state index is 12.4. The molecule has 2 N–H and O–H groups in total. The fraction of sp³-hybridized carbons (Fsp3) is 0.370.